The van der Waals surface area contributed by atoms with Crippen molar-refractivity contribution in [2.24, 2.45) is 0 Å². The maximum atomic E-state index is 11.8. The Morgan fingerprint density at radius 3 is 3.16 bits per heavy atom. The van der Waals surface area contributed by atoms with Gasteiger partial charge < -0.3 is 15.4 Å². The van der Waals surface area contributed by atoms with Crippen molar-refractivity contribution in [1.29, 1.82) is 0 Å². The maximum absolute atomic E-state index is 11.8. The summed E-state index contributed by atoms with van der Waals surface area (Å²) in [5.41, 5.74) is 0.418. The molecule has 0 bridgehead atoms. The van der Waals surface area contributed by atoms with Crippen LogP contribution >= 0.6 is 0 Å². The zero-order valence-electron chi connectivity index (χ0n) is 10.8. The Morgan fingerprint density at radius 2 is 2.47 bits per heavy atom. The summed E-state index contributed by atoms with van der Waals surface area (Å²) in [7, 11) is 0. The number of rotatable bonds is 4. The van der Waals surface area contributed by atoms with E-state index in [1.54, 1.807) is 25.3 Å². The van der Waals surface area contributed by atoms with E-state index < -0.39 is 5.97 Å². The van der Waals surface area contributed by atoms with E-state index in [2.05, 4.69) is 15.6 Å². The first-order valence-corrected chi connectivity index (χ1v) is 6.36. The first-order valence-electron chi connectivity index (χ1n) is 6.36. The first kappa shape index (κ1) is 13.3. The Kier molecular flexibility index (Phi) is 4.33. The van der Waals surface area contributed by atoms with Gasteiger partial charge in [0.2, 0.25) is 5.91 Å². The SMILES string of the molecule is CCOC(=O)c1cccnc1NC1CCC(=O)NC1. The molecule has 2 rings (SSSR count). The molecule has 19 heavy (non-hydrogen) atoms. The van der Waals surface area contributed by atoms with Crippen LogP contribution in [-0.2, 0) is 9.53 Å². The predicted molar refractivity (Wildman–Crippen MR) is 69.8 cm³/mol. The minimum atomic E-state index is -0.391. The number of ether oxygens (including phenoxy) is 1. The molecule has 0 saturated carbocycles. The predicted octanol–water partition coefficient (Wildman–Crippen LogP) is 0.949. The van der Waals surface area contributed by atoms with E-state index >= 15 is 0 Å². The number of esters is 1. The molecule has 1 saturated heterocycles. The van der Waals surface area contributed by atoms with Crippen molar-refractivity contribution in [3.63, 3.8) is 0 Å². The van der Waals surface area contributed by atoms with Gasteiger partial charge >= 0.3 is 5.97 Å². The lowest BCUT2D eigenvalue weighted by atomic mass is 10.1. The van der Waals surface area contributed by atoms with Crippen LogP contribution in [0.3, 0.4) is 0 Å². The highest BCUT2D eigenvalue weighted by Crippen LogP contribution is 2.16. The van der Waals surface area contributed by atoms with Crippen LogP contribution in [0.5, 0.6) is 0 Å². The van der Waals surface area contributed by atoms with E-state index in [4.69, 9.17) is 4.74 Å². The molecular formula is C13H17N3O3. The highest BCUT2D eigenvalue weighted by atomic mass is 16.5. The van der Waals surface area contributed by atoms with Gasteiger partial charge in [-0.15, -0.1) is 0 Å². The Labute approximate surface area is 111 Å². The Morgan fingerprint density at radius 1 is 1.63 bits per heavy atom. The van der Waals surface area contributed by atoms with E-state index in [0.29, 0.717) is 31.0 Å². The second-order valence-corrected chi connectivity index (χ2v) is 4.30. The monoisotopic (exact) mass is 263 g/mol. The summed E-state index contributed by atoms with van der Waals surface area (Å²) >= 11 is 0. The summed E-state index contributed by atoms with van der Waals surface area (Å²) in [6, 6.07) is 3.45. The van der Waals surface area contributed by atoms with Gasteiger partial charge in [0.15, 0.2) is 0 Å². The topological polar surface area (TPSA) is 80.3 Å². The fourth-order valence-corrected chi connectivity index (χ4v) is 1.94. The molecule has 6 heteroatoms. The number of hydrogen-bond donors (Lipinski definition) is 2. The van der Waals surface area contributed by atoms with E-state index in [9.17, 15) is 9.59 Å². The second kappa shape index (κ2) is 6.17. The van der Waals surface area contributed by atoms with Crippen molar-refractivity contribution in [2.45, 2.75) is 25.8 Å². The summed E-state index contributed by atoms with van der Waals surface area (Å²) < 4.78 is 4.99. The third-order valence-electron chi connectivity index (χ3n) is 2.91. The summed E-state index contributed by atoms with van der Waals surface area (Å²) in [5.74, 6) is 0.171. The fourth-order valence-electron chi connectivity index (χ4n) is 1.94. The van der Waals surface area contributed by atoms with Crippen LogP contribution in [0.2, 0.25) is 0 Å². The summed E-state index contributed by atoms with van der Waals surface area (Å²) in [6.07, 6.45) is 2.83. The van der Waals surface area contributed by atoms with Gasteiger partial charge in [0.25, 0.3) is 0 Å². The van der Waals surface area contributed by atoms with Gasteiger partial charge in [0, 0.05) is 25.2 Å². The van der Waals surface area contributed by atoms with Crippen LogP contribution in [0, 0.1) is 0 Å². The molecule has 102 valence electrons. The molecule has 2 heterocycles. The molecule has 0 aromatic carbocycles. The lowest BCUT2D eigenvalue weighted by Crippen LogP contribution is -2.42. The number of anilines is 1. The number of pyridine rings is 1. The number of nitrogens with one attached hydrogen (secondary N) is 2. The molecule has 1 aliphatic rings. The second-order valence-electron chi connectivity index (χ2n) is 4.30. The lowest BCUT2D eigenvalue weighted by Gasteiger charge is -2.24. The molecule has 1 amide bonds. The first-order chi connectivity index (χ1) is 9.20. The maximum Gasteiger partial charge on any atom is 0.341 e. The molecule has 0 aliphatic carbocycles. The number of carbonyl (C=O) groups excluding carboxylic acids is 2. The normalized spacial score (nSPS) is 18.6. The average molecular weight is 263 g/mol. The molecule has 6 nitrogen and oxygen atoms in total. The zero-order valence-corrected chi connectivity index (χ0v) is 10.8. The van der Waals surface area contributed by atoms with Crippen LogP contribution in [0.1, 0.15) is 30.1 Å². The Bertz CT molecular complexity index is 466. The van der Waals surface area contributed by atoms with E-state index in [-0.39, 0.29) is 11.9 Å². The number of carbonyl (C=O) groups is 2. The summed E-state index contributed by atoms with van der Waals surface area (Å²) in [5, 5.41) is 5.96. The van der Waals surface area contributed by atoms with E-state index in [0.717, 1.165) is 6.42 Å². The van der Waals surface area contributed by atoms with Crippen LogP contribution in [0.25, 0.3) is 0 Å². The number of amides is 1. The van der Waals surface area contributed by atoms with Crippen molar-refractivity contribution in [2.75, 3.05) is 18.5 Å². The van der Waals surface area contributed by atoms with Gasteiger partial charge in [-0.2, -0.15) is 0 Å². The zero-order chi connectivity index (χ0) is 13.7. The Hall–Kier alpha value is -2.11. The van der Waals surface area contributed by atoms with Gasteiger partial charge in [0.1, 0.15) is 11.4 Å². The van der Waals surface area contributed by atoms with Gasteiger partial charge in [-0.1, -0.05) is 0 Å². The van der Waals surface area contributed by atoms with Crippen molar-refractivity contribution in [1.82, 2.24) is 10.3 Å². The average Bonchev–Trinajstić information content (AvgIpc) is 2.42. The third-order valence-corrected chi connectivity index (χ3v) is 2.91. The molecule has 1 aromatic rings. The minimum Gasteiger partial charge on any atom is -0.462 e. The largest absolute Gasteiger partial charge is 0.462 e. The van der Waals surface area contributed by atoms with Crippen LogP contribution in [0.4, 0.5) is 5.82 Å². The smallest absolute Gasteiger partial charge is 0.341 e. The standard InChI is InChI=1S/C13H17N3O3/c1-2-19-13(18)10-4-3-7-14-12(10)16-9-5-6-11(17)15-8-9/h3-4,7,9H,2,5-6,8H2,1H3,(H,14,16)(H,15,17). The van der Waals surface area contributed by atoms with Crippen LogP contribution < -0.4 is 10.6 Å². The van der Waals surface area contributed by atoms with Crippen molar-refractivity contribution in [3.05, 3.63) is 23.9 Å². The minimum absolute atomic E-state index is 0.0599. The van der Waals surface area contributed by atoms with Gasteiger partial charge in [-0.3, -0.25) is 4.79 Å². The van der Waals surface area contributed by atoms with Gasteiger partial charge in [0.05, 0.1) is 6.61 Å². The summed E-state index contributed by atoms with van der Waals surface area (Å²) in [6.45, 7) is 2.63. The summed E-state index contributed by atoms with van der Waals surface area (Å²) in [4.78, 5) is 27.1. The van der Waals surface area contributed by atoms with Crippen molar-refractivity contribution in [3.8, 4) is 0 Å². The van der Waals surface area contributed by atoms with Gasteiger partial charge in [-0.05, 0) is 25.5 Å². The quantitative estimate of drug-likeness (QED) is 0.790. The number of nitrogens with zero attached hydrogens (tertiary/aromatic N) is 1. The third kappa shape index (κ3) is 3.43. The van der Waals surface area contributed by atoms with Crippen molar-refractivity contribution < 1.29 is 14.3 Å². The molecule has 1 fully saturated rings. The lowest BCUT2D eigenvalue weighted by molar-refractivity contribution is -0.122. The van der Waals surface area contributed by atoms with Crippen LogP contribution in [0.15, 0.2) is 18.3 Å². The molecule has 0 spiro atoms. The molecule has 1 unspecified atom stereocenters. The van der Waals surface area contributed by atoms with Crippen molar-refractivity contribution >= 4 is 17.7 Å². The highest BCUT2D eigenvalue weighted by molar-refractivity contribution is 5.94. The van der Waals surface area contributed by atoms with Crippen LogP contribution in [-0.4, -0.2) is 36.1 Å². The molecule has 2 N–H and O–H groups in total. The molecule has 0 radical (unpaired) electrons. The number of aromatic nitrogens is 1. The molecular weight excluding hydrogens is 246 g/mol. The van der Waals surface area contributed by atoms with Gasteiger partial charge in [-0.25, -0.2) is 9.78 Å². The molecule has 1 aliphatic heterocycles. The molecule has 1 atom stereocenters. The highest BCUT2D eigenvalue weighted by Gasteiger charge is 2.20. The molecule has 1 aromatic heterocycles. The number of piperidine rings is 1. The fraction of sp³-hybridized carbons (Fsp3) is 0.462. The Balaban J connectivity index is 2.07. The number of hydrogen-bond acceptors (Lipinski definition) is 5. The van der Waals surface area contributed by atoms with E-state index in [1.807, 2.05) is 0 Å². The van der Waals surface area contributed by atoms with E-state index in [1.165, 1.54) is 0 Å².